The van der Waals surface area contributed by atoms with Gasteiger partial charge in [-0.25, -0.2) is 5.43 Å². The predicted octanol–water partition coefficient (Wildman–Crippen LogP) is 0.464. The Hall–Kier alpha value is -0.840. The van der Waals surface area contributed by atoms with Crippen molar-refractivity contribution in [1.29, 1.82) is 0 Å². The van der Waals surface area contributed by atoms with Crippen molar-refractivity contribution in [2.24, 2.45) is 5.92 Å². The van der Waals surface area contributed by atoms with E-state index < -0.39 is 46.3 Å². The van der Waals surface area contributed by atoms with Crippen molar-refractivity contribution < 1.29 is 24.2 Å². The molecule has 28 heavy (non-hydrogen) atoms. The largest absolute Gasteiger partial charge is 0.460 e. The van der Waals surface area contributed by atoms with Crippen LogP contribution in [0.1, 0.15) is 33.6 Å². The van der Waals surface area contributed by atoms with Crippen LogP contribution in [0.25, 0.3) is 0 Å². The van der Waals surface area contributed by atoms with Gasteiger partial charge in [0, 0.05) is 6.54 Å². The number of halogens is 3. The van der Waals surface area contributed by atoms with E-state index >= 15 is 0 Å². The molecule has 0 aliphatic carbocycles. The Kier molecular flexibility index (Phi) is 10.2. The number of carbonyl (C=O) groups is 3. The van der Waals surface area contributed by atoms with Gasteiger partial charge in [0.2, 0.25) is 9.70 Å². The van der Waals surface area contributed by atoms with E-state index in [1.807, 2.05) is 13.8 Å². The number of esters is 1. The van der Waals surface area contributed by atoms with Crippen LogP contribution >= 0.6 is 34.8 Å². The molecule has 0 aromatic rings. The van der Waals surface area contributed by atoms with Gasteiger partial charge < -0.3 is 15.2 Å². The van der Waals surface area contributed by atoms with Gasteiger partial charge in [-0.1, -0.05) is 48.7 Å². The summed E-state index contributed by atoms with van der Waals surface area (Å²) < 4.78 is 3.23. The third-order valence-corrected chi connectivity index (χ3v) is 4.43. The molecule has 1 heterocycles. The first kappa shape index (κ1) is 25.2. The van der Waals surface area contributed by atoms with Crippen molar-refractivity contribution in [2.45, 2.75) is 55.5 Å². The molecule has 0 bridgehead atoms. The van der Waals surface area contributed by atoms with Gasteiger partial charge in [0.15, 0.2) is 0 Å². The summed E-state index contributed by atoms with van der Waals surface area (Å²) in [6.45, 7) is 4.80. The summed E-state index contributed by atoms with van der Waals surface area (Å²) in [7, 11) is 0. The summed E-state index contributed by atoms with van der Waals surface area (Å²) in [4.78, 5) is 37.1. The maximum Gasteiger partial charge on any atom is 0.325 e. The SMILES string of the molecule is CC(NC(=O)C(NCO)C(C)C)C(=O)N1CCCC(C(=O)OCC(Cl)(Cl)Cl)N1. The van der Waals surface area contributed by atoms with Gasteiger partial charge in [-0.05, 0) is 25.7 Å². The molecule has 1 aliphatic rings. The summed E-state index contributed by atoms with van der Waals surface area (Å²) in [5.74, 6) is -1.52. The third kappa shape index (κ3) is 8.26. The highest BCUT2D eigenvalue weighted by Crippen LogP contribution is 2.26. The van der Waals surface area contributed by atoms with Crippen LogP contribution in [-0.4, -0.2) is 69.7 Å². The number of rotatable bonds is 8. The molecule has 0 radical (unpaired) electrons. The van der Waals surface area contributed by atoms with Crippen LogP contribution in [-0.2, 0) is 19.1 Å². The smallest absolute Gasteiger partial charge is 0.325 e. The lowest BCUT2D eigenvalue weighted by molar-refractivity contribution is -0.152. The Balaban J connectivity index is 2.62. The zero-order valence-corrected chi connectivity index (χ0v) is 18.3. The van der Waals surface area contributed by atoms with Gasteiger partial charge in [-0.2, -0.15) is 0 Å². The number of aliphatic hydroxyl groups is 1. The molecule has 3 unspecified atom stereocenters. The fraction of sp³-hybridized carbons (Fsp3) is 0.812. The number of hydrogen-bond donors (Lipinski definition) is 4. The molecular weight excluding hydrogens is 435 g/mol. The van der Waals surface area contributed by atoms with Gasteiger partial charge in [0.25, 0.3) is 5.91 Å². The van der Waals surface area contributed by atoms with Crippen molar-refractivity contribution in [3.8, 4) is 0 Å². The molecular formula is C16H27Cl3N4O5. The number of hydrazine groups is 1. The van der Waals surface area contributed by atoms with E-state index in [0.29, 0.717) is 19.4 Å². The molecule has 1 fully saturated rings. The summed E-state index contributed by atoms with van der Waals surface area (Å²) in [6.07, 6.45) is 1.02. The second-order valence-corrected chi connectivity index (χ2v) is 9.37. The van der Waals surface area contributed by atoms with Crippen molar-refractivity contribution in [2.75, 3.05) is 19.9 Å². The molecule has 12 heteroatoms. The lowest BCUT2D eigenvalue weighted by Crippen LogP contribution is -2.60. The van der Waals surface area contributed by atoms with Crippen molar-refractivity contribution >= 4 is 52.6 Å². The van der Waals surface area contributed by atoms with E-state index in [-0.39, 0.29) is 12.6 Å². The number of aliphatic hydroxyl groups excluding tert-OH is 1. The van der Waals surface area contributed by atoms with Crippen LogP contribution in [0.4, 0.5) is 0 Å². The van der Waals surface area contributed by atoms with Crippen molar-refractivity contribution in [3.63, 3.8) is 0 Å². The normalized spacial score (nSPS) is 19.9. The van der Waals surface area contributed by atoms with Gasteiger partial charge in [-0.15, -0.1) is 0 Å². The highest BCUT2D eigenvalue weighted by atomic mass is 35.6. The minimum atomic E-state index is -1.71. The average Bonchev–Trinajstić information content (AvgIpc) is 2.62. The predicted molar refractivity (Wildman–Crippen MR) is 106 cm³/mol. The number of alkyl halides is 3. The first-order valence-electron chi connectivity index (χ1n) is 8.91. The molecule has 1 rings (SSSR count). The van der Waals surface area contributed by atoms with Crippen molar-refractivity contribution in [1.82, 2.24) is 21.1 Å². The fourth-order valence-corrected chi connectivity index (χ4v) is 2.86. The maximum atomic E-state index is 12.6. The summed E-state index contributed by atoms with van der Waals surface area (Å²) >= 11 is 16.7. The van der Waals surface area contributed by atoms with E-state index in [0.717, 1.165) is 0 Å². The Bertz CT molecular complexity index is 559. The zero-order chi connectivity index (χ0) is 21.5. The van der Waals surface area contributed by atoms with Crippen LogP contribution in [0.2, 0.25) is 0 Å². The molecule has 0 aromatic carbocycles. The molecule has 0 aromatic heterocycles. The van der Waals surface area contributed by atoms with Crippen LogP contribution in [0.5, 0.6) is 0 Å². The van der Waals surface area contributed by atoms with E-state index in [9.17, 15) is 14.4 Å². The molecule has 2 amide bonds. The van der Waals surface area contributed by atoms with E-state index in [1.165, 1.54) is 5.01 Å². The number of amides is 2. The molecule has 4 N–H and O–H groups in total. The monoisotopic (exact) mass is 460 g/mol. The Labute approximate surface area is 179 Å². The van der Waals surface area contributed by atoms with Crippen LogP contribution in [0.15, 0.2) is 0 Å². The molecule has 0 spiro atoms. The van der Waals surface area contributed by atoms with Crippen molar-refractivity contribution in [3.05, 3.63) is 0 Å². The molecule has 3 atom stereocenters. The third-order valence-electron chi connectivity index (χ3n) is 4.10. The second kappa shape index (κ2) is 11.4. The number of carbonyl (C=O) groups excluding carboxylic acids is 3. The van der Waals surface area contributed by atoms with Gasteiger partial charge in [0.1, 0.15) is 18.7 Å². The number of hydrogen-bond acceptors (Lipinski definition) is 7. The molecule has 1 aliphatic heterocycles. The zero-order valence-electron chi connectivity index (χ0n) is 16.0. The fourth-order valence-electron chi connectivity index (χ4n) is 2.70. The van der Waals surface area contributed by atoms with Gasteiger partial charge in [0.05, 0.1) is 12.8 Å². The lowest BCUT2D eigenvalue weighted by atomic mass is 10.0. The minimum absolute atomic E-state index is 0.0837. The highest BCUT2D eigenvalue weighted by molar-refractivity contribution is 6.67. The molecule has 162 valence electrons. The molecule has 0 saturated carbocycles. The Morgan fingerprint density at radius 2 is 1.93 bits per heavy atom. The van der Waals surface area contributed by atoms with E-state index in [2.05, 4.69) is 16.1 Å². The van der Waals surface area contributed by atoms with Crippen LogP contribution in [0.3, 0.4) is 0 Å². The summed E-state index contributed by atoms with van der Waals surface area (Å²) in [5, 5.41) is 15.6. The van der Waals surface area contributed by atoms with E-state index in [4.69, 9.17) is 44.6 Å². The maximum absolute atomic E-state index is 12.6. The minimum Gasteiger partial charge on any atom is -0.460 e. The topological polar surface area (TPSA) is 120 Å². The Morgan fingerprint density at radius 1 is 1.29 bits per heavy atom. The first-order chi connectivity index (χ1) is 13.0. The van der Waals surface area contributed by atoms with Gasteiger partial charge >= 0.3 is 5.97 Å². The van der Waals surface area contributed by atoms with Crippen LogP contribution in [0, 0.1) is 5.92 Å². The summed E-state index contributed by atoms with van der Waals surface area (Å²) in [6, 6.07) is -2.23. The first-order valence-corrected chi connectivity index (χ1v) is 10.0. The summed E-state index contributed by atoms with van der Waals surface area (Å²) in [5.41, 5.74) is 2.79. The second-order valence-electron chi connectivity index (χ2n) is 6.85. The van der Waals surface area contributed by atoms with Crippen LogP contribution < -0.4 is 16.1 Å². The highest BCUT2D eigenvalue weighted by Gasteiger charge is 2.33. The molecule has 9 nitrogen and oxygen atoms in total. The number of nitrogens with zero attached hydrogens (tertiary/aromatic N) is 1. The standard InChI is InChI=1S/C16H27Cl3N4O5/c1-9(2)12(20-8-24)13(25)21-10(3)14(26)23-6-4-5-11(22-23)15(27)28-7-16(17,18)19/h9-12,20,22,24H,4-8H2,1-3H3,(H,21,25). The van der Waals surface area contributed by atoms with Gasteiger partial charge in [-0.3, -0.25) is 24.7 Å². The number of ether oxygens (including phenoxy) is 1. The number of nitrogens with one attached hydrogen (secondary N) is 3. The quantitative estimate of drug-likeness (QED) is 0.235. The van der Waals surface area contributed by atoms with E-state index in [1.54, 1.807) is 6.92 Å². The average molecular weight is 462 g/mol. The molecule has 1 saturated heterocycles. The lowest BCUT2D eigenvalue weighted by Gasteiger charge is -2.34. The Morgan fingerprint density at radius 3 is 2.46 bits per heavy atom.